The summed E-state index contributed by atoms with van der Waals surface area (Å²) >= 11 is 1.79. The van der Waals surface area contributed by atoms with Gasteiger partial charge in [-0.1, -0.05) is 13.0 Å². The highest BCUT2D eigenvalue weighted by atomic mass is 32.1. The first-order valence-electron chi connectivity index (χ1n) is 7.77. The van der Waals surface area contributed by atoms with Gasteiger partial charge in [0.25, 0.3) is 0 Å². The molecule has 114 valence electrons. The molecule has 1 unspecified atom stereocenters. The second kappa shape index (κ2) is 5.64. The van der Waals surface area contributed by atoms with Crippen LogP contribution in [-0.4, -0.2) is 9.97 Å². The van der Waals surface area contributed by atoms with Crippen LogP contribution in [0, 0.1) is 17.2 Å². The lowest BCUT2D eigenvalue weighted by molar-refractivity contribution is 0.509. The van der Waals surface area contributed by atoms with Gasteiger partial charge in [0.2, 0.25) is 0 Å². The van der Waals surface area contributed by atoms with Gasteiger partial charge in [-0.25, -0.2) is 9.97 Å². The molecule has 1 aliphatic carbocycles. The van der Waals surface area contributed by atoms with E-state index in [1.165, 1.54) is 16.9 Å². The van der Waals surface area contributed by atoms with E-state index < -0.39 is 0 Å². The molecule has 0 amide bonds. The lowest BCUT2D eigenvalue weighted by Gasteiger charge is -2.18. The Kier molecular flexibility index (Phi) is 3.47. The van der Waals surface area contributed by atoms with Crippen LogP contribution in [0.2, 0.25) is 0 Å². The van der Waals surface area contributed by atoms with Crippen molar-refractivity contribution in [3.8, 4) is 6.07 Å². The Morgan fingerprint density at radius 3 is 3.13 bits per heavy atom. The molecule has 23 heavy (non-hydrogen) atoms. The van der Waals surface area contributed by atoms with Crippen LogP contribution in [0.1, 0.15) is 29.3 Å². The van der Waals surface area contributed by atoms with Crippen molar-refractivity contribution in [2.45, 2.75) is 26.2 Å². The van der Waals surface area contributed by atoms with Gasteiger partial charge in [0.15, 0.2) is 0 Å². The topological polar surface area (TPSA) is 61.6 Å². The first kappa shape index (κ1) is 14.2. The van der Waals surface area contributed by atoms with Crippen molar-refractivity contribution in [2.75, 3.05) is 5.32 Å². The van der Waals surface area contributed by atoms with Crippen molar-refractivity contribution in [1.82, 2.24) is 9.97 Å². The smallest absolute Gasteiger partial charge is 0.142 e. The molecule has 1 aliphatic rings. The van der Waals surface area contributed by atoms with Crippen molar-refractivity contribution in [3.05, 3.63) is 46.6 Å². The van der Waals surface area contributed by atoms with Crippen molar-refractivity contribution in [2.24, 2.45) is 5.92 Å². The van der Waals surface area contributed by atoms with Gasteiger partial charge in [-0.3, -0.25) is 0 Å². The molecule has 4 rings (SSSR count). The molecule has 4 nitrogen and oxygen atoms in total. The van der Waals surface area contributed by atoms with E-state index in [4.69, 9.17) is 5.26 Å². The minimum absolute atomic E-state index is 0.640. The molecule has 0 spiro atoms. The van der Waals surface area contributed by atoms with Crippen LogP contribution in [0.5, 0.6) is 0 Å². The minimum atomic E-state index is 0.640. The maximum Gasteiger partial charge on any atom is 0.142 e. The number of hydrogen-bond acceptors (Lipinski definition) is 5. The Labute approximate surface area is 138 Å². The summed E-state index contributed by atoms with van der Waals surface area (Å²) in [6.07, 6.45) is 5.07. The summed E-state index contributed by atoms with van der Waals surface area (Å²) in [5.74, 6) is 1.59. The molecule has 0 fully saturated rings. The number of rotatable bonds is 2. The van der Waals surface area contributed by atoms with Gasteiger partial charge in [-0.2, -0.15) is 5.26 Å². The summed E-state index contributed by atoms with van der Waals surface area (Å²) in [7, 11) is 0. The maximum atomic E-state index is 9.05. The molecule has 2 heterocycles. The van der Waals surface area contributed by atoms with Crippen molar-refractivity contribution in [3.63, 3.8) is 0 Å². The predicted octanol–water partition coefficient (Wildman–Crippen LogP) is 4.43. The zero-order valence-corrected chi connectivity index (χ0v) is 13.7. The summed E-state index contributed by atoms with van der Waals surface area (Å²) in [6.45, 7) is 2.31. The zero-order chi connectivity index (χ0) is 15.8. The van der Waals surface area contributed by atoms with Gasteiger partial charge in [0.05, 0.1) is 17.0 Å². The molecule has 3 aromatic rings. The monoisotopic (exact) mass is 320 g/mol. The Morgan fingerprint density at radius 2 is 2.26 bits per heavy atom. The quantitative estimate of drug-likeness (QED) is 0.758. The van der Waals surface area contributed by atoms with Crippen LogP contribution >= 0.6 is 11.3 Å². The molecule has 1 N–H and O–H groups in total. The molecule has 1 aromatic carbocycles. The largest absolute Gasteiger partial charge is 0.340 e. The summed E-state index contributed by atoms with van der Waals surface area (Å²) < 4.78 is 0. The van der Waals surface area contributed by atoms with Gasteiger partial charge >= 0.3 is 0 Å². The number of aromatic nitrogens is 2. The van der Waals surface area contributed by atoms with E-state index in [0.717, 1.165) is 40.5 Å². The van der Waals surface area contributed by atoms with Gasteiger partial charge in [-0.05, 0) is 48.9 Å². The number of thiophene rings is 1. The van der Waals surface area contributed by atoms with Crippen LogP contribution in [0.4, 0.5) is 11.5 Å². The van der Waals surface area contributed by atoms with Gasteiger partial charge in [-0.15, -0.1) is 11.3 Å². The first-order valence-corrected chi connectivity index (χ1v) is 8.58. The summed E-state index contributed by atoms with van der Waals surface area (Å²) in [6, 6.07) is 9.64. The van der Waals surface area contributed by atoms with Crippen LogP contribution in [0.25, 0.3) is 10.2 Å². The third-order valence-corrected chi connectivity index (χ3v) is 5.51. The average Bonchev–Trinajstić information content (AvgIpc) is 2.93. The van der Waals surface area contributed by atoms with Crippen molar-refractivity contribution >= 4 is 33.1 Å². The molecule has 0 radical (unpaired) electrons. The van der Waals surface area contributed by atoms with E-state index in [0.29, 0.717) is 5.56 Å². The molecule has 5 heteroatoms. The third kappa shape index (κ3) is 2.55. The number of hydrogen-bond donors (Lipinski definition) is 1. The molecular formula is C18H16N4S. The molecule has 1 atom stereocenters. The summed E-state index contributed by atoms with van der Waals surface area (Å²) in [5.41, 5.74) is 2.93. The number of aryl methyl sites for hydroxylation is 1. The average molecular weight is 320 g/mol. The fourth-order valence-electron chi connectivity index (χ4n) is 3.17. The lowest BCUT2D eigenvalue weighted by Crippen LogP contribution is -2.09. The molecule has 0 bridgehead atoms. The van der Waals surface area contributed by atoms with Crippen LogP contribution in [0.3, 0.4) is 0 Å². The molecular weight excluding hydrogens is 304 g/mol. The molecule has 0 aliphatic heterocycles. The highest BCUT2D eigenvalue weighted by Gasteiger charge is 2.23. The number of nitriles is 1. The number of benzene rings is 1. The fourth-order valence-corrected chi connectivity index (χ4v) is 4.52. The molecule has 0 saturated heterocycles. The Balaban J connectivity index is 1.79. The number of nitrogens with zero attached hydrogens (tertiary/aromatic N) is 3. The highest BCUT2D eigenvalue weighted by molar-refractivity contribution is 7.19. The predicted molar refractivity (Wildman–Crippen MR) is 93.0 cm³/mol. The summed E-state index contributed by atoms with van der Waals surface area (Å²) in [4.78, 5) is 11.4. The Morgan fingerprint density at radius 1 is 1.35 bits per heavy atom. The van der Waals surface area contributed by atoms with Gasteiger partial charge in [0, 0.05) is 10.6 Å². The number of nitrogens with one attached hydrogen (secondary N) is 1. The number of anilines is 2. The van der Waals surface area contributed by atoms with Crippen LogP contribution < -0.4 is 5.32 Å². The maximum absolute atomic E-state index is 9.05. The third-order valence-electron chi connectivity index (χ3n) is 4.35. The van der Waals surface area contributed by atoms with E-state index in [9.17, 15) is 0 Å². The van der Waals surface area contributed by atoms with Gasteiger partial charge in [0.1, 0.15) is 17.0 Å². The summed E-state index contributed by atoms with van der Waals surface area (Å²) in [5, 5.41) is 13.6. The highest BCUT2D eigenvalue weighted by Crippen LogP contribution is 2.40. The van der Waals surface area contributed by atoms with Crippen molar-refractivity contribution < 1.29 is 0 Å². The fraction of sp³-hybridized carbons (Fsp3) is 0.278. The Bertz CT molecular complexity index is 922. The SMILES string of the molecule is CC1CCc2c(sc3ncnc(Nc4cccc(C#N)c4)c23)C1. The van der Waals surface area contributed by atoms with E-state index in [1.807, 2.05) is 18.2 Å². The lowest BCUT2D eigenvalue weighted by atomic mass is 9.89. The standard InChI is InChI=1S/C18H16N4S/c1-11-5-6-14-15(7-11)23-18-16(14)17(20-10-21-18)22-13-4-2-3-12(8-13)9-19/h2-4,8,10-11H,5-7H2,1H3,(H,20,21,22). The minimum Gasteiger partial charge on any atom is -0.340 e. The van der Waals surface area contributed by atoms with E-state index in [1.54, 1.807) is 23.7 Å². The number of fused-ring (bicyclic) bond motifs is 3. The van der Waals surface area contributed by atoms with Gasteiger partial charge < -0.3 is 5.32 Å². The normalized spacial score (nSPS) is 16.8. The van der Waals surface area contributed by atoms with Crippen molar-refractivity contribution in [1.29, 1.82) is 5.26 Å². The molecule has 0 saturated carbocycles. The molecule has 2 aromatic heterocycles. The first-order chi connectivity index (χ1) is 11.2. The van der Waals surface area contributed by atoms with E-state index in [2.05, 4.69) is 28.3 Å². The van der Waals surface area contributed by atoms with E-state index in [-0.39, 0.29) is 0 Å². The zero-order valence-electron chi connectivity index (χ0n) is 12.8. The second-order valence-electron chi connectivity index (χ2n) is 6.07. The van der Waals surface area contributed by atoms with E-state index >= 15 is 0 Å². The van der Waals surface area contributed by atoms with Crippen LogP contribution in [0.15, 0.2) is 30.6 Å². The second-order valence-corrected chi connectivity index (χ2v) is 7.16. The van der Waals surface area contributed by atoms with Crippen LogP contribution in [-0.2, 0) is 12.8 Å². The Hall–Kier alpha value is -2.45.